The van der Waals surface area contributed by atoms with E-state index in [2.05, 4.69) is 16.9 Å². The summed E-state index contributed by atoms with van der Waals surface area (Å²) >= 11 is 0. The van der Waals surface area contributed by atoms with Crippen molar-refractivity contribution < 1.29 is 19.4 Å². The number of ether oxygens (including phenoxy) is 1. The number of benzene rings is 1. The minimum Gasteiger partial charge on any atom is -0.481 e. The van der Waals surface area contributed by atoms with Crippen molar-refractivity contribution in [3.05, 3.63) is 30.1 Å². The number of imidazole rings is 1. The molecule has 7 heteroatoms. The Balaban J connectivity index is 2.14. The topological polar surface area (TPSA) is 95.5 Å². The Morgan fingerprint density at radius 1 is 1.21 bits per heavy atom. The zero-order valence-electron chi connectivity index (χ0n) is 17.5. The van der Waals surface area contributed by atoms with Crippen LogP contribution in [0.3, 0.4) is 0 Å². The predicted octanol–water partition coefficient (Wildman–Crippen LogP) is 3.64. The van der Waals surface area contributed by atoms with Gasteiger partial charge in [0.15, 0.2) is 0 Å². The number of rotatable bonds is 14. The minimum absolute atomic E-state index is 0.0129. The zero-order valence-corrected chi connectivity index (χ0v) is 17.5. The van der Waals surface area contributed by atoms with Crippen LogP contribution in [0.4, 0.5) is 0 Å². The van der Waals surface area contributed by atoms with Crippen LogP contribution in [-0.2, 0) is 20.7 Å². The van der Waals surface area contributed by atoms with E-state index in [1.807, 2.05) is 29.2 Å². The Hall–Kier alpha value is -2.41. The number of nitrogens with zero attached hydrogens (tertiary/aromatic N) is 2. The summed E-state index contributed by atoms with van der Waals surface area (Å²) in [6.07, 6.45) is 4.56. The number of unbranched alkanes of at least 4 members (excludes halogenated alkanes) is 2. The second-order valence-corrected chi connectivity index (χ2v) is 7.41. The second kappa shape index (κ2) is 12.2. The second-order valence-electron chi connectivity index (χ2n) is 7.41. The number of carboxylic acids is 1. The van der Waals surface area contributed by atoms with E-state index in [1.54, 1.807) is 7.11 Å². The number of carbonyl (C=O) groups excluding carboxylic acids is 1. The van der Waals surface area contributed by atoms with E-state index >= 15 is 0 Å². The number of fused-ring (bicyclic) bond motifs is 1. The molecular weight excluding hydrogens is 370 g/mol. The standard InChI is InChI=1S/C22H33N3O4/c1-3-4-7-13-25(14-8-15-29-2)22(28)17(11-12-21(26)27)16-20-23-18-9-5-6-10-19(18)24-20/h5-6,9-10,17H,3-4,7-8,11-16H2,1-2H3,(H,23,24)(H,26,27). The van der Waals surface area contributed by atoms with E-state index in [0.29, 0.717) is 32.5 Å². The maximum atomic E-state index is 13.3. The van der Waals surface area contributed by atoms with Gasteiger partial charge < -0.3 is 19.7 Å². The van der Waals surface area contributed by atoms with Gasteiger partial charge in [-0.15, -0.1) is 0 Å². The molecule has 160 valence electrons. The summed E-state index contributed by atoms with van der Waals surface area (Å²) in [6, 6.07) is 7.72. The summed E-state index contributed by atoms with van der Waals surface area (Å²) in [6.45, 7) is 4.05. The first-order valence-corrected chi connectivity index (χ1v) is 10.5. The number of methoxy groups -OCH3 is 1. The van der Waals surface area contributed by atoms with Crippen LogP contribution in [0.15, 0.2) is 24.3 Å². The molecule has 1 atom stereocenters. The molecule has 0 fully saturated rings. The predicted molar refractivity (Wildman–Crippen MR) is 113 cm³/mol. The number of para-hydroxylation sites is 2. The lowest BCUT2D eigenvalue weighted by molar-refractivity contribution is -0.139. The highest BCUT2D eigenvalue weighted by atomic mass is 16.5. The summed E-state index contributed by atoms with van der Waals surface area (Å²) in [5, 5.41) is 9.14. The molecule has 0 bridgehead atoms. The third kappa shape index (κ3) is 7.49. The highest BCUT2D eigenvalue weighted by Gasteiger charge is 2.26. The number of carbonyl (C=O) groups is 2. The van der Waals surface area contributed by atoms with Crippen LogP contribution in [0, 0.1) is 5.92 Å². The van der Waals surface area contributed by atoms with E-state index in [9.17, 15) is 9.59 Å². The van der Waals surface area contributed by atoms with Gasteiger partial charge >= 0.3 is 5.97 Å². The van der Waals surface area contributed by atoms with Crippen LogP contribution in [0.25, 0.3) is 11.0 Å². The van der Waals surface area contributed by atoms with Crippen molar-refractivity contribution in [2.75, 3.05) is 26.8 Å². The van der Waals surface area contributed by atoms with E-state index in [-0.39, 0.29) is 12.3 Å². The first-order chi connectivity index (χ1) is 14.0. The molecule has 1 aromatic heterocycles. The highest BCUT2D eigenvalue weighted by Crippen LogP contribution is 2.19. The lowest BCUT2D eigenvalue weighted by Crippen LogP contribution is -2.39. The number of nitrogens with one attached hydrogen (secondary N) is 1. The molecule has 29 heavy (non-hydrogen) atoms. The molecule has 2 rings (SSSR count). The Kier molecular flexibility index (Phi) is 9.64. The number of amides is 1. The van der Waals surface area contributed by atoms with Crippen molar-refractivity contribution in [3.8, 4) is 0 Å². The average Bonchev–Trinajstić information content (AvgIpc) is 3.12. The van der Waals surface area contributed by atoms with Gasteiger partial charge in [-0.2, -0.15) is 0 Å². The molecule has 0 spiro atoms. The molecule has 7 nitrogen and oxygen atoms in total. The summed E-state index contributed by atoms with van der Waals surface area (Å²) in [5.41, 5.74) is 1.78. The van der Waals surface area contributed by atoms with Crippen LogP contribution in [0.1, 0.15) is 51.3 Å². The van der Waals surface area contributed by atoms with Gasteiger partial charge in [-0.25, -0.2) is 4.98 Å². The van der Waals surface area contributed by atoms with Gasteiger partial charge in [-0.1, -0.05) is 31.9 Å². The van der Waals surface area contributed by atoms with Crippen LogP contribution in [0.5, 0.6) is 0 Å². The van der Waals surface area contributed by atoms with Gasteiger partial charge in [0.05, 0.1) is 11.0 Å². The molecule has 2 aromatic rings. The van der Waals surface area contributed by atoms with Crippen LogP contribution >= 0.6 is 0 Å². The largest absolute Gasteiger partial charge is 0.481 e. The first kappa shape index (κ1) is 22.9. The highest BCUT2D eigenvalue weighted by molar-refractivity contribution is 5.80. The van der Waals surface area contributed by atoms with Crippen molar-refractivity contribution >= 4 is 22.9 Å². The van der Waals surface area contributed by atoms with Crippen molar-refractivity contribution in [1.82, 2.24) is 14.9 Å². The summed E-state index contributed by atoms with van der Waals surface area (Å²) in [4.78, 5) is 34.2. The third-order valence-electron chi connectivity index (χ3n) is 5.05. The number of aromatic amines is 1. The Morgan fingerprint density at radius 2 is 1.97 bits per heavy atom. The molecule has 1 amide bonds. The zero-order chi connectivity index (χ0) is 21.1. The number of aliphatic carboxylic acids is 1. The molecule has 0 aliphatic heterocycles. The Morgan fingerprint density at radius 3 is 2.66 bits per heavy atom. The van der Waals surface area contributed by atoms with Crippen LogP contribution < -0.4 is 0 Å². The number of hydrogen-bond donors (Lipinski definition) is 2. The quantitative estimate of drug-likeness (QED) is 0.470. The summed E-state index contributed by atoms with van der Waals surface area (Å²) in [5.74, 6) is -0.556. The van der Waals surface area contributed by atoms with Gasteiger partial charge in [0.2, 0.25) is 5.91 Å². The molecule has 1 unspecified atom stereocenters. The van der Waals surface area contributed by atoms with Crippen LogP contribution in [-0.4, -0.2) is 58.7 Å². The number of aromatic nitrogens is 2. The molecule has 0 aliphatic rings. The maximum absolute atomic E-state index is 13.3. The van der Waals surface area contributed by atoms with E-state index in [1.165, 1.54) is 0 Å². The Labute approximate surface area is 172 Å². The molecule has 1 aromatic carbocycles. The maximum Gasteiger partial charge on any atom is 0.303 e. The van der Waals surface area contributed by atoms with Gasteiger partial charge in [0.1, 0.15) is 5.82 Å². The SMILES string of the molecule is CCCCCN(CCCOC)C(=O)C(CCC(=O)O)Cc1nc2ccccc2[nH]1. The van der Waals surface area contributed by atoms with Gasteiger partial charge in [-0.3, -0.25) is 9.59 Å². The molecule has 0 radical (unpaired) electrons. The van der Waals surface area contributed by atoms with E-state index < -0.39 is 11.9 Å². The molecule has 0 saturated carbocycles. The fourth-order valence-corrected chi connectivity index (χ4v) is 3.49. The van der Waals surface area contributed by atoms with Crippen molar-refractivity contribution in [2.45, 2.75) is 51.9 Å². The number of H-pyrrole nitrogens is 1. The fraction of sp³-hybridized carbons (Fsp3) is 0.591. The van der Waals surface area contributed by atoms with Crippen LogP contribution in [0.2, 0.25) is 0 Å². The first-order valence-electron chi connectivity index (χ1n) is 10.5. The molecule has 2 N–H and O–H groups in total. The lowest BCUT2D eigenvalue weighted by Gasteiger charge is -2.27. The average molecular weight is 404 g/mol. The smallest absolute Gasteiger partial charge is 0.303 e. The minimum atomic E-state index is -0.885. The lowest BCUT2D eigenvalue weighted by atomic mass is 9.96. The van der Waals surface area contributed by atoms with E-state index in [4.69, 9.17) is 9.84 Å². The van der Waals surface area contributed by atoms with E-state index in [0.717, 1.165) is 42.5 Å². The molecular formula is C22H33N3O4. The number of hydrogen-bond acceptors (Lipinski definition) is 4. The van der Waals surface area contributed by atoms with Gasteiger partial charge in [-0.05, 0) is 31.4 Å². The van der Waals surface area contributed by atoms with Crippen molar-refractivity contribution in [3.63, 3.8) is 0 Å². The molecule has 0 aliphatic carbocycles. The normalized spacial score (nSPS) is 12.2. The summed E-state index contributed by atoms with van der Waals surface area (Å²) < 4.78 is 5.14. The molecule has 1 heterocycles. The monoisotopic (exact) mass is 403 g/mol. The van der Waals surface area contributed by atoms with Gasteiger partial charge in [0, 0.05) is 45.6 Å². The van der Waals surface area contributed by atoms with Crippen molar-refractivity contribution in [1.29, 1.82) is 0 Å². The summed E-state index contributed by atoms with van der Waals surface area (Å²) in [7, 11) is 1.65. The molecule has 0 saturated heterocycles. The van der Waals surface area contributed by atoms with Crippen molar-refractivity contribution in [2.24, 2.45) is 5.92 Å². The van der Waals surface area contributed by atoms with Gasteiger partial charge in [0.25, 0.3) is 0 Å². The number of carboxylic acid groups (broad SMARTS) is 1. The third-order valence-corrected chi connectivity index (χ3v) is 5.05. The Bertz CT molecular complexity index is 731. The fourth-order valence-electron chi connectivity index (χ4n) is 3.49.